The van der Waals surface area contributed by atoms with Gasteiger partial charge in [-0.15, -0.1) is 0 Å². The number of halogens is 1. The van der Waals surface area contributed by atoms with Crippen LogP contribution in [-0.4, -0.2) is 29.1 Å². The van der Waals surface area contributed by atoms with Crippen molar-refractivity contribution in [3.05, 3.63) is 23.0 Å². The van der Waals surface area contributed by atoms with Crippen LogP contribution in [0.15, 0.2) is 6.07 Å². The van der Waals surface area contributed by atoms with Gasteiger partial charge in [0.05, 0.1) is 7.11 Å². The topological polar surface area (TPSA) is 83.8 Å². The number of Topliss-reactive ketones (excluding diaryl/α,β-unsaturated/α-hetero) is 1. The number of rotatable bonds is 3. The summed E-state index contributed by atoms with van der Waals surface area (Å²) in [6.45, 7) is 1.30. The molecule has 0 spiro atoms. The first kappa shape index (κ1) is 12.0. The monoisotopic (exact) mass is 228 g/mol. The average molecular weight is 228 g/mol. The lowest BCUT2D eigenvalue weighted by atomic mass is 10.0. The van der Waals surface area contributed by atoms with Crippen LogP contribution < -0.4 is 4.74 Å². The van der Waals surface area contributed by atoms with Crippen LogP contribution in [-0.2, 0) is 4.79 Å². The second kappa shape index (κ2) is 4.18. The Hall–Kier alpha value is -2.11. The summed E-state index contributed by atoms with van der Waals surface area (Å²) in [7, 11) is 1.15. The molecule has 0 amide bonds. The number of hydrogen-bond donors (Lipinski definition) is 2. The Morgan fingerprint density at radius 2 is 2.00 bits per heavy atom. The Morgan fingerprint density at radius 3 is 2.44 bits per heavy atom. The van der Waals surface area contributed by atoms with Gasteiger partial charge in [0.25, 0.3) is 5.78 Å². The number of ether oxygens (including phenoxy) is 1. The number of carbonyl (C=O) groups excluding carboxylic acids is 1. The number of phenols is 1. The van der Waals surface area contributed by atoms with Gasteiger partial charge in [0.1, 0.15) is 0 Å². The summed E-state index contributed by atoms with van der Waals surface area (Å²) in [6, 6.07) is 0.727. The molecular weight excluding hydrogens is 219 g/mol. The zero-order chi connectivity index (χ0) is 12.5. The first-order chi connectivity index (χ1) is 7.40. The molecule has 0 aliphatic heterocycles. The fraction of sp³-hybridized carbons (Fsp3) is 0.200. The molecular formula is C10H9FO5. The van der Waals surface area contributed by atoms with Crippen LogP contribution in [0.4, 0.5) is 4.39 Å². The van der Waals surface area contributed by atoms with Gasteiger partial charge in [-0.1, -0.05) is 0 Å². The van der Waals surface area contributed by atoms with Crippen LogP contribution in [0.5, 0.6) is 11.5 Å². The summed E-state index contributed by atoms with van der Waals surface area (Å²) in [5.74, 6) is -4.98. The quantitative estimate of drug-likeness (QED) is 0.598. The van der Waals surface area contributed by atoms with E-state index >= 15 is 0 Å². The summed E-state index contributed by atoms with van der Waals surface area (Å²) in [5, 5.41) is 18.0. The van der Waals surface area contributed by atoms with E-state index in [-0.39, 0.29) is 5.56 Å². The highest BCUT2D eigenvalue weighted by atomic mass is 19.1. The van der Waals surface area contributed by atoms with Crippen LogP contribution in [0.3, 0.4) is 0 Å². The molecule has 0 unspecified atom stereocenters. The van der Waals surface area contributed by atoms with Gasteiger partial charge in [0.2, 0.25) is 0 Å². The summed E-state index contributed by atoms with van der Waals surface area (Å²) in [4.78, 5) is 21.6. The molecule has 1 rings (SSSR count). The minimum Gasteiger partial charge on any atom is -0.504 e. The second-order valence-corrected chi connectivity index (χ2v) is 3.05. The predicted molar refractivity (Wildman–Crippen MR) is 51.3 cm³/mol. The molecule has 1 aromatic carbocycles. The van der Waals surface area contributed by atoms with Crippen LogP contribution in [0.25, 0.3) is 0 Å². The molecule has 6 heteroatoms. The van der Waals surface area contributed by atoms with Gasteiger partial charge in [-0.25, -0.2) is 9.18 Å². The van der Waals surface area contributed by atoms with Crippen molar-refractivity contribution in [3.63, 3.8) is 0 Å². The number of carbonyl (C=O) groups is 2. The zero-order valence-electron chi connectivity index (χ0n) is 8.57. The molecule has 0 fully saturated rings. The maximum Gasteiger partial charge on any atom is 0.377 e. The summed E-state index contributed by atoms with van der Waals surface area (Å²) in [6.07, 6.45) is 0. The van der Waals surface area contributed by atoms with Crippen molar-refractivity contribution in [1.82, 2.24) is 0 Å². The first-order valence-corrected chi connectivity index (χ1v) is 4.23. The third kappa shape index (κ3) is 1.81. The van der Waals surface area contributed by atoms with Crippen molar-refractivity contribution in [1.29, 1.82) is 0 Å². The highest BCUT2D eigenvalue weighted by Crippen LogP contribution is 2.34. The molecule has 0 aromatic heterocycles. The molecule has 0 aliphatic carbocycles. The van der Waals surface area contributed by atoms with Gasteiger partial charge in [0, 0.05) is 11.1 Å². The average Bonchev–Trinajstić information content (AvgIpc) is 2.23. The van der Waals surface area contributed by atoms with Gasteiger partial charge in [-0.3, -0.25) is 4.79 Å². The maximum atomic E-state index is 13.3. The maximum absolute atomic E-state index is 13.3. The van der Waals surface area contributed by atoms with Crippen LogP contribution in [0.2, 0.25) is 0 Å². The van der Waals surface area contributed by atoms with E-state index in [4.69, 9.17) is 5.11 Å². The summed E-state index contributed by atoms with van der Waals surface area (Å²) in [5.41, 5.74) is -0.436. The number of ketones is 1. The van der Waals surface area contributed by atoms with E-state index in [0.29, 0.717) is 0 Å². The van der Waals surface area contributed by atoms with Crippen molar-refractivity contribution in [2.45, 2.75) is 6.92 Å². The Balaban J connectivity index is 3.45. The number of phenolic OH excluding ortho intramolecular Hbond substituents is 1. The molecule has 0 bridgehead atoms. The third-order valence-electron chi connectivity index (χ3n) is 2.11. The van der Waals surface area contributed by atoms with Crippen LogP contribution >= 0.6 is 0 Å². The van der Waals surface area contributed by atoms with E-state index in [9.17, 15) is 19.1 Å². The summed E-state index contributed by atoms with van der Waals surface area (Å²) < 4.78 is 17.9. The standard InChI is InChI=1S/C10H9FO5/c1-4-5(8(13)10(14)15)3-6(11)9(16-2)7(4)12/h3,12H,1-2H3,(H,14,15). The Morgan fingerprint density at radius 1 is 1.44 bits per heavy atom. The predicted octanol–water partition coefficient (Wildman–Crippen LogP) is 1.12. The van der Waals surface area contributed by atoms with E-state index in [0.717, 1.165) is 13.2 Å². The lowest BCUT2D eigenvalue weighted by Gasteiger charge is -2.10. The van der Waals surface area contributed by atoms with Gasteiger partial charge in [-0.2, -0.15) is 0 Å². The lowest BCUT2D eigenvalue weighted by Crippen LogP contribution is -2.14. The second-order valence-electron chi connectivity index (χ2n) is 3.05. The normalized spacial score (nSPS) is 9.94. The van der Waals surface area contributed by atoms with E-state index < -0.39 is 34.6 Å². The number of carboxylic acids is 1. The molecule has 86 valence electrons. The number of methoxy groups -OCH3 is 1. The van der Waals surface area contributed by atoms with Crippen LogP contribution in [0.1, 0.15) is 15.9 Å². The molecule has 0 saturated heterocycles. The summed E-state index contributed by atoms with van der Waals surface area (Å²) >= 11 is 0. The smallest absolute Gasteiger partial charge is 0.377 e. The van der Waals surface area contributed by atoms with Crippen molar-refractivity contribution < 1.29 is 28.9 Å². The molecule has 0 atom stereocenters. The number of aliphatic carboxylic acids is 1. The SMILES string of the molecule is COc1c(F)cc(C(=O)C(=O)O)c(C)c1O. The van der Waals surface area contributed by atoms with Gasteiger partial charge >= 0.3 is 5.97 Å². The number of aromatic hydroxyl groups is 1. The molecule has 16 heavy (non-hydrogen) atoms. The van der Waals surface area contributed by atoms with Crippen LogP contribution in [0, 0.1) is 12.7 Å². The van der Waals surface area contributed by atoms with Gasteiger partial charge in [-0.05, 0) is 13.0 Å². The number of carboxylic acid groups (broad SMARTS) is 1. The van der Waals surface area contributed by atoms with Crippen molar-refractivity contribution >= 4 is 11.8 Å². The molecule has 0 aliphatic rings. The lowest BCUT2D eigenvalue weighted by molar-refractivity contribution is -0.131. The zero-order valence-corrected chi connectivity index (χ0v) is 8.57. The van der Waals surface area contributed by atoms with E-state index in [1.807, 2.05) is 0 Å². The van der Waals surface area contributed by atoms with Gasteiger partial charge < -0.3 is 14.9 Å². The Bertz CT molecular complexity index is 467. The molecule has 1 aromatic rings. The highest BCUT2D eigenvalue weighted by molar-refractivity contribution is 6.40. The number of hydrogen-bond acceptors (Lipinski definition) is 4. The Labute approximate surface area is 90.1 Å². The minimum atomic E-state index is -1.72. The van der Waals surface area contributed by atoms with Gasteiger partial charge in [0.15, 0.2) is 17.3 Å². The molecule has 0 radical (unpaired) electrons. The largest absolute Gasteiger partial charge is 0.504 e. The van der Waals surface area contributed by atoms with E-state index in [2.05, 4.69) is 4.74 Å². The third-order valence-corrected chi connectivity index (χ3v) is 2.11. The van der Waals surface area contributed by atoms with E-state index in [1.165, 1.54) is 6.92 Å². The minimum absolute atomic E-state index is 0.0364. The fourth-order valence-electron chi connectivity index (χ4n) is 1.26. The molecule has 2 N–H and O–H groups in total. The fourth-order valence-corrected chi connectivity index (χ4v) is 1.26. The van der Waals surface area contributed by atoms with Crippen molar-refractivity contribution in [2.75, 3.05) is 7.11 Å². The molecule has 5 nitrogen and oxygen atoms in total. The Kier molecular flexibility index (Phi) is 3.12. The van der Waals surface area contributed by atoms with Crippen molar-refractivity contribution in [3.8, 4) is 11.5 Å². The highest BCUT2D eigenvalue weighted by Gasteiger charge is 2.23. The first-order valence-electron chi connectivity index (χ1n) is 4.23. The van der Waals surface area contributed by atoms with E-state index in [1.54, 1.807) is 0 Å². The van der Waals surface area contributed by atoms with Crippen molar-refractivity contribution in [2.24, 2.45) is 0 Å². The number of benzene rings is 1. The molecule has 0 heterocycles. The molecule has 0 saturated carbocycles.